The molecule has 0 spiro atoms. The standard InChI is InChI=1S/C10H14N4O2/c1-7(16)3-14-4-8-10(13(2)6-14)12-9(5-15)11-8/h4,15H,3,5-6H2,1-2H3. The maximum absolute atomic E-state index is 11.0. The fourth-order valence-electron chi connectivity index (χ4n) is 1.77. The SMILES string of the molecule is CC(=O)CN1C=C2N=C(CO)N=C2N(C)C1. The highest BCUT2D eigenvalue weighted by Crippen LogP contribution is 2.18. The van der Waals surface area contributed by atoms with Crippen molar-refractivity contribution in [1.82, 2.24) is 9.80 Å². The van der Waals surface area contributed by atoms with E-state index >= 15 is 0 Å². The van der Waals surface area contributed by atoms with Crippen molar-refractivity contribution in [2.75, 3.05) is 26.9 Å². The van der Waals surface area contributed by atoms with Crippen molar-refractivity contribution in [2.24, 2.45) is 9.98 Å². The number of carbonyl (C=O) groups excluding carboxylic acids is 1. The first-order valence-corrected chi connectivity index (χ1v) is 5.04. The van der Waals surface area contributed by atoms with Gasteiger partial charge >= 0.3 is 0 Å². The maximum atomic E-state index is 11.0. The van der Waals surface area contributed by atoms with Crippen LogP contribution in [0, 0.1) is 0 Å². The molecule has 0 unspecified atom stereocenters. The lowest BCUT2D eigenvalue weighted by Crippen LogP contribution is -2.42. The molecule has 0 atom stereocenters. The second-order valence-corrected chi connectivity index (χ2v) is 3.92. The van der Waals surface area contributed by atoms with E-state index in [9.17, 15) is 4.79 Å². The van der Waals surface area contributed by atoms with Crippen LogP contribution in [0.25, 0.3) is 0 Å². The van der Waals surface area contributed by atoms with Gasteiger partial charge in [-0.2, -0.15) is 0 Å². The molecule has 1 N–H and O–H groups in total. The lowest BCUT2D eigenvalue weighted by Gasteiger charge is -2.31. The molecule has 0 saturated carbocycles. The van der Waals surface area contributed by atoms with E-state index in [4.69, 9.17) is 5.11 Å². The van der Waals surface area contributed by atoms with E-state index in [1.54, 1.807) is 6.92 Å². The molecule has 0 radical (unpaired) electrons. The number of aliphatic hydroxyl groups is 1. The molecule has 0 aliphatic carbocycles. The Hall–Kier alpha value is -1.69. The zero-order chi connectivity index (χ0) is 11.7. The number of aliphatic imine (C=N–C) groups is 2. The summed E-state index contributed by atoms with van der Waals surface area (Å²) in [6.07, 6.45) is 1.81. The fourth-order valence-corrected chi connectivity index (χ4v) is 1.77. The molecular weight excluding hydrogens is 208 g/mol. The molecular formula is C10H14N4O2. The van der Waals surface area contributed by atoms with Crippen LogP contribution in [0.4, 0.5) is 0 Å². The van der Waals surface area contributed by atoms with Crippen molar-refractivity contribution >= 4 is 17.5 Å². The van der Waals surface area contributed by atoms with Gasteiger partial charge in [-0.3, -0.25) is 4.79 Å². The molecule has 2 aliphatic rings. The number of rotatable bonds is 3. The average molecular weight is 222 g/mol. The number of hydrogen-bond acceptors (Lipinski definition) is 6. The highest BCUT2D eigenvalue weighted by atomic mass is 16.3. The molecule has 0 saturated heterocycles. The third-order valence-corrected chi connectivity index (χ3v) is 2.34. The van der Waals surface area contributed by atoms with Gasteiger partial charge in [0.2, 0.25) is 0 Å². The number of hydrogen-bond donors (Lipinski definition) is 1. The zero-order valence-corrected chi connectivity index (χ0v) is 9.34. The largest absolute Gasteiger partial charge is 0.388 e. The van der Waals surface area contributed by atoms with E-state index in [2.05, 4.69) is 9.98 Å². The Morgan fingerprint density at radius 2 is 2.31 bits per heavy atom. The second-order valence-electron chi connectivity index (χ2n) is 3.92. The van der Waals surface area contributed by atoms with Gasteiger partial charge in [0.1, 0.15) is 18.1 Å². The summed E-state index contributed by atoms with van der Waals surface area (Å²) in [4.78, 5) is 23.2. The summed E-state index contributed by atoms with van der Waals surface area (Å²) in [5.41, 5.74) is 0.707. The summed E-state index contributed by atoms with van der Waals surface area (Å²) in [6.45, 7) is 2.36. The van der Waals surface area contributed by atoms with Crippen LogP contribution in [0.5, 0.6) is 0 Å². The van der Waals surface area contributed by atoms with Crippen LogP contribution in [-0.4, -0.2) is 59.2 Å². The summed E-state index contributed by atoms with van der Waals surface area (Å²) >= 11 is 0. The Morgan fingerprint density at radius 1 is 1.56 bits per heavy atom. The Labute approximate surface area is 93.6 Å². The number of amidine groups is 2. The highest BCUT2D eigenvalue weighted by Gasteiger charge is 2.25. The normalized spacial score (nSPS) is 19.1. The molecule has 2 rings (SSSR count). The smallest absolute Gasteiger partial charge is 0.159 e. The number of Topliss-reactive ketones (excluding diaryl/α,β-unsaturated/α-hetero) is 1. The van der Waals surface area contributed by atoms with E-state index in [0.717, 1.165) is 5.84 Å². The minimum absolute atomic E-state index is 0.106. The highest BCUT2D eigenvalue weighted by molar-refractivity contribution is 6.12. The zero-order valence-electron chi connectivity index (χ0n) is 9.34. The van der Waals surface area contributed by atoms with Crippen LogP contribution in [0.15, 0.2) is 21.9 Å². The molecule has 0 aromatic heterocycles. The Morgan fingerprint density at radius 3 is 2.94 bits per heavy atom. The van der Waals surface area contributed by atoms with Crippen molar-refractivity contribution in [3.8, 4) is 0 Å². The van der Waals surface area contributed by atoms with Gasteiger partial charge in [-0.15, -0.1) is 0 Å². The van der Waals surface area contributed by atoms with Gasteiger partial charge in [0.25, 0.3) is 0 Å². The molecule has 0 amide bonds. The van der Waals surface area contributed by atoms with Gasteiger partial charge in [0, 0.05) is 13.2 Å². The lowest BCUT2D eigenvalue weighted by molar-refractivity contribution is -0.117. The van der Waals surface area contributed by atoms with Gasteiger partial charge in [-0.1, -0.05) is 0 Å². The van der Waals surface area contributed by atoms with Crippen LogP contribution < -0.4 is 0 Å². The van der Waals surface area contributed by atoms with E-state index in [1.807, 2.05) is 23.0 Å². The van der Waals surface area contributed by atoms with Crippen molar-refractivity contribution < 1.29 is 9.90 Å². The van der Waals surface area contributed by atoms with Crippen LogP contribution in [-0.2, 0) is 4.79 Å². The molecule has 86 valence electrons. The average Bonchev–Trinajstić information content (AvgIpc) is 2.60. The molecule has 0 bridgehead atoms. The van der Waals surface area contributed by atoms with Gasteiger partial charge in [-0.05, 0) is 6.92 Å². The van der Waals surface area contributed by atoms with E-state index < -0.39 is 0 Å². The first-order valence-electron chi connectivity index (χ1n) is 5.04. The summed E-state index contributed by atoms with van der Waals surface area (Å²) in [5.74, 6) is 1.27. The van der Waals surface area contributed by atoms with Crippen LogP contribution in [0.3, 0.4) is 0 Å². The topological polar surface area (TPSA) is 68.5 Å². The van der Waals surface area contributed by atoms with Crippen LogP contribution >= 0.6 is 0 Å². The number of likely N-dealkylation sites (N-methyl/N-ethyl adjacent to an activating group) is 1. The Bertz CT molecular complexity index is 411. The Balaban J connectivity index is 2.22. The van der Waals surface area contributed by atoms with Gasteiger partial charge < -0.3 is 14.9 Å². The van der Waals surface area contributed by atoms with E-state index in [1.165, 1.54) is 0 Å². The van der Waals surface area contributed by atoms with Gasteiger partial charge in [0.15, 0.2) is 11.7 Å². The number of fused-ring (bicyclic) bond motifs is 1. The number of ketones is 1. The lowest BCUT2D eigenvalue weighted by atomic mass is 10.3. The summed E-state index contributed by atoms with van der Waals surface area (Å²) in [7, 11) is 1.88. The molecule has 0 aromatic carbocycles. The van der Waals surface area contributed by atoms with Crippen LogP contribution in [0.2, 0.25) is 0 Å². The van der Waals surface area contributed by atoms with E-state index in [0.29, 0.717) is 24.7 Å². The van der Waals surface area contributed by atoms with Gasteiger partial charge in [0.05, 0.1) is 13.2 Å². The Kier molecular flexibility index (Phi) is 2.74. The van der Waals surface area contributed by atoms with Crippen molar-refractivity contribution in [1.29, 1.82) is 0 Å². The number of carbonyl (C=O) groups is 1. The second kappa shape index (κ2) is 4.05. The predicted octanol–water partition coefficient (Wildman–Crippen LogP) is -0.575. The molecule has 2 heterocycles. The first kappa shape index (κ1) is 10.8. The molecule has 0 aromatic rings. The van der Waals surface area contributed by atoms with Crippen molar-refractivity contribution in [2.45, 2.75) is 6.92 Å². The third-order valence-electron chi connectivity index (χ3n) is 2.34. The summed E-state index contributed by atoms with van der Waals surface area (Å²) < 4.78 is 0. The molecule has 6 nitrogen and oxygen atoms in total. The molecule has 6 heteroatoms. The number of nitrogens with zero attached hydrogens (tertiary/aromatic N) is 4. The monoisotopic (exact) mass is 222 g/mol. The van der Waals surface area contributed by atoms with Gasteiger partial charge in [-0.25, -0.2) is 9.98 Å². The van der Waals surface area contributed by atoms with Crippen LogP contribution in [0.1, 0.15) is 6.92 Å². The first-order chi connectivity index (χ1) is 7.60. The molecule has 16 heavy (non-hydrogen) atoms. The van der Waals surface area contributed by atoms with E-state index in [-0.39, 0.29) is 12.4 Å². The summed E-state index contributed by atoms with van der Waals surface area (Å²) in [5, 5.41) is 8.96. The quantitative estimate of drug-likeness (QED) is 0.694. The summed E-state index contributed by atoms with van der Waals surface area (Å²) in [6, 6.07) is 0. The molecule has 2 aliphatic heterocycles. The maximum Gasteiger partial charge on any atom is 0.159 e. The molecule has 0 fully saturated rings. The number of aliphatic hydroxyl groups excluding tert-OH is 1. The van der Waals surface area contributed by atoms with Crippen molar-refractivity contribution in [3.63, 3.8) is 0 Å². The minimum Gasteiger partial charge on any atom is -0.388 e. The predicted molar refractivity (Wildman–Crippen MR) is 60.1 cm³/mol. The fraction of sp³-hybridized carbons (Fsp3) is 0.500. The minimum atomic E-state index is -0.165. The third kappa shape index (κ3) is 1.96. The van der Waals surface area contributed by atoms with Crippen molar-refractivity contribution in [3.05, 3.63) is 11.9 Å².